The Hall–Kier alpha value is -2.67. The molecule has 0 saturated carbocycles. The summed E-state index contributed by atoms with van der Waals surface area (Å²) in [7, 11) is 16.9. The first-order valence-electron chi connectivity index (χ1n) is 18.0. The molecular formula is C40H57O6Si4. The summed E-state index contributed by atoms with van der Waals surface area (Å²) in [5.41, 5.74) is 0. The highest BCUT2D eigenvalue weighted by molar-refractivity contribution is 6.55. The molecule has 0 amide bonds. The van der Waals surface area contributed by atoms with Crippen LogP contribution in [0.2, 0.25) is 23.2 Å². The SMILES string of the molecule is COc1cccc([Si]CCCCCC([Si])(CCCCC[Si]c2cccc(OC)c2OC)CCCCC[Si]c2cccc(OC)c2OC)c1OC. The second-order valence-electron chi connectivity index (χ2n) is 12.6. The lowest BCUT2D eigenvalue weighted by molar-refractivity contribution is 0.357. The van der Waals surface area contributed by atoms with Gasteiger partial charge < -0.3 is 28.4 Å². The second-order valence-corrected chi connectivity index (χ2v) is 17.9. The fraction of sp³-hybridized carbons (Fsp3) is 0.550. The quantitative estimate of drug-likeness (QED) is 0.0600. The summed E-state index contributed by atoms with van der Waals surface area (Å²) in [4.78, 5) is 0. The van der Waals surface area contributed by atoms with E-state index in [1.54, 1.807) is 42.7 Å². The summed E-state index contributed by atoms with van der Waals surface area (Å²) in [6.07, 6.45) is 15.0. The molecular weight excluding hydrogens is 689 g/mol. The van der Waals surface area contributed by atoms with Gasteiger partial charge >= 0.3 is 0 Å². The van der Waals surface area contributed by atoms with Crippen LogP contribution in [0.4, 0.5) is 0 Å². The minimum absolute atomic E-state index is 0.217. The summed E-state index contributed by atoms with van der Waals surface area (Å²) in [6, 6.07) is 22.2. The standard InChI is InChI=1S/C40H57O6Si4/c1-41-31-19-16-22-34(37(31)44-4)48-28-13-7-10-25-40(47,26-11-8-14-29-49-35-23-17-20-32(42-2)38(35)45-5)27-12-9-15-30-50-36-24-18-21-33(43-3)39(36)46-6/h16-24H,7-15,25-30H2,1-6H3. The van der Waals surface area contributed by atoms with Crippen molar-refractivity contribution in [1.29, 1.82) is 0 Å². The average molecular weight is 746 g/mol. The zero-order valence-electron chi connectivity index (χ0n) is 31.3. The van der Waals surface area contributed by atoms with Gasteiger partial charge in [-0.05, 0) is 38.8 Å². The van der Waals surface area contributed by atoms with Crippen molar-refractivity contribution in [2.24, 2.45) is 0 Å². The van der Waals surface area contributed by atoms with E-state index >= 15 is 0 Å². The fourth-order valence-corrected chi connectivity index (χ4v) is 10.8. The molecule has 0 fully saturated rings. The van der Waals surface area contributed by atoms with E-state index in [0.717, 1.165) is 63.1 Å². The van der Waals surface area contributed by atoms with Crippen LogP contribution in [-0.2, 0) is 0 Å². The number of unbranched alkanes of at least 4 members (excludes halogenated alkanes) is 6. The Balaban J connectivity index is 1.45. The molecule has 0 heterocycles. The number of benzene rings is 3. The predicted molar refractivity (Wildman–Crippen MR) is 213 cm³/mol. The van der Waals surface area contributed by atoms with E-state index in [4.69, 9.17) is 28.4 Å². The molecule has 0 atom stereocenters. The van der Waals surface area contributed by atoms with Crippen LogP contribution in [0.5, 0.6) is 34.5 Å². The zero-order chi connectivity index (χ0) is 36.0. The molecule has 3 rings (SSSR count). The van der Waals surface area contributed by atoms with Crippen molar-refractivity contribution in [2.75, 3.05) is 42.7 Å². The van der Waals surface area contributed by atoms with Crippen LogP contribution in [0.3, 0.4) is 0 Å². The van der Waals surface area contributed by atoms with Gasteiger partial charge in [-0.3, -0.25) is 0 Å². The topological polar surface area (TPSA) is 55.4 Å². The molecule has 3 aromatic rings. The maximum absolute atomic E-state index is 5.65. The van der Waals surface area contributed by atoms with Crippen LogP contribution in [0, 0.1) is 0 Å². The van der Waals surface area contributed by atoms with Crippen molar-refractivity contribution in [3.05, 3.63) is 54.6 Å². The van der Waals surface area contributed by atoms with Crippen molar-refractivity contribution < 1.29 is 28.4 Å². The van der Waals surface area contributed by atoms with E-state index in [1.165, 1.54) is 111 Å². The summed E-state index contributed by atoms with van der Waals surface area (Å²) in [5.74, 6) is 5.13. The molecule has 10 heteroatoms. The van der Waals surface area contributed by atoms with Crippen molar-refractivity contribution in [2.45, 2.75) is 100 Å². The molecule has 6 nitrogen and oxygen atoms in total. The van der Waals surface area contributed by atoms with Crippen LogP contribution in [-0.4, -0.2) is 81.5 Å². The van der Waals surface area contributed by atoms with E-state index < -0.39 is 0 Å². The lowest BCUT2D eigenvalue weighted by Gasteiger charge is -2.30. The Morgan fingerprint density at radius 3 is 0.980 bits per heavy atom. The minimum Gasteiger partial charge on any atom is -0.493 e. The smallest absolute Gasteiger partial charge is 0.160 e. The number of methoxy groups -OCH3 is 6. The van der Waals surface area contributed by atoms with Gasteiger partial charge in [-0.15, -0.1) is 0 Å². The average Bonchev–Trinajstić information content (AvgIpc) is 3.15. The minimum atomic E-state index is 0.217. The van der Waals surface area contributed by atoms with Crippen LogP contribution in [0.25, 0.3) is 0 Å². The lowest BCUT2D eigenvalue weighted by Crippen LogP contribution is -2.17. The zero-order valence-corrected chi connectivity index (χ0v) is 35.3. The van der Waals surface area contributed by atoms with Gasteiger partial charge in [-0.1, -0.05) is 132 Å². The first-order valence-corrected chi connectivity index (χ1v) is 22.1. The Kier molecular flexibility index (Phi) is 19.8. The van der Waals surface area contributed by atoms with Gasteiger partial charge in [-0.2, -0.15) is 0 Å². The molecule has 50 heavy (non-hydrogen) atoms. The van der Waals surface area contributed by atoms with Crippen molar-refractivity contribution in [1.82, 2.24) is 0 Å². The van der Waals surface area contributed by atoms with Crippen molar-refractivity contribution in [3.63, 3.8) is 0 Å². The molecule has 0 saturated heterocycles. The largest absolute Gasteiger partial charge is 0.493 e. The fourth-order valence-electron chi connectivity index (χ4n) is 6.42. The van der Waals surface area contributed by atoms with Crippen LogP contribution in [0.15, 0.2) is 54.6 Å². The highest BCUT2D eigenvalue weighted by atomic mass is 28.2. The van der Waals surface area contributed by atoms with Gasteiger partial charge in [0.15, 0.2) is 34.5 Å². The molecule has 9 radical (unpaired) electrons. The summed E-state index contributed by atoms with van der Waals surface area (Å²) in [6.45, 7) is 0. The molecule has 0 unspecified atom stereocenters. The Morgan fingerprint density at radius 2 is 0.720 bits per heavy atom. The van der Waals surface area contributed by atoms with Gasteiger partial charge in [0.25, 0.3) is 0 Å². The van der Waals surface area contributed by atoms with Crippen LogP contribution >= 0.6 is 0 Å². The molecule has 0 aromatic heterocycles. The highest BCUT2D eigenvalue weighted by Gasteiger charge is 2.23. The van der Waals surface area contributed by atoms with E-state index in [-0.39, 0.29) is 5.04 Å². The Labute approximate surface area is 313 Å². The van der Waals surface area contributed by atoms with Gasteiger partial charge in [-0.25, -0.2) is 0 Å². The second kappa shape index (κ2) is 23.7. The highest BCUT2D eigenvalue weighted by Crippen LogP contribution is 2.41. The third-order valence-corrected chi connectivity index (χ3v) is 14.0. The molecule has 269 valence electrons. The number of hydrogen-bond donors (Lipinski definition) is 0. The molecule has 3 aromatic carbocycles. The lowest BCUT2D eigenvalue weighted by atomic mass is 9.88. The molecule has 0 bridgehead atoms. The first kappa shape index (κ1) is 41.7. The maximum atomic E-state index is 5.65. The first-order chi connectivity index (χ1) is 24.4. The molecule has 0 spiro atoms. The maximum Gasteiger partial charge on any atom is 0.160 e. The third kappa shape index (κ3) is 13.5. The van der Waals surface area contributed by atoms with E-state index in [1.807, 2.05) is 18.2 Å². The Bertz CT molecular complexity index is 1220. The van der Waals surface area contributed by atoms with E-state index in [2.05, 4.69) is 46.6 Å². The molecule has 0 aliphatic rings. The Morgan fingerprint density at radius 1 is 0.420 bits per heavy atom. The normalized spacial score (nSPS) is 11.3. The summed E-state index contributed by atoms with van der Waals surface area (Å²) >= 11 is 0. The summed E-state index contributed by atoms with van der Waals surface area (Å²) < 4.78 is 33.5. The van der Waals surface area contributed by atoms with Crippen LogP contribution in [0.1, 0.15) is 77.0 Å². The molecule has 0 N–H and O–H groups in total. The number of rotatable bonds is 27. The number of para-hydroxylation sites is 3. The number of hydrogen-bond acceptors (Lipinski definition) is 6. The van der Waals surface area contributed by atoms with Crippen molar-refractivity contribution in [3.8, 4) is 34.5 Å². The molecule has 0 aliphatic heterocycles. The number of ether oxygens (including phenoxy) is 6. The van der Waals surface area contributed by atoms with Gasteiger partial charge in [0, 0.05) is 10.2 Å². The predicted octanol–water partition coefficient (Wildman–Crippen LogP) is 7.39. The van der Waals surface area contributed by atoms with Crippen molar-refractivity contribution >= 4 is 54.4 Å². The third-order valence-electron chi connectivity index (χ3n) is 9.15. The van der Waals surface area contributed by atoms with E-state index in [0.29, 0.717) is 0 Å². The van der Waals surface area contributed by atoms with Gasteiger partial charge in [0.1, 0.15) is 0 Å². The molecule has 0 aliphatic carbocycles. The monoisotopic (exact) mass is 745 g/mol. The van der Waals surface area contributed by atoms with Crippen LogP contribution < -0.4 is 44.0 Å². The van der Waals surface area contributed by atoms with Gasteiger partial charge in [0.05, 0.1) is 71.2 Å². The summed E-state index contributed by atoms with van der Waals surface area (Å²) in [5, 5.41) is 4.00. The van der Waals surface area contributed by atoms with E-state index in [9.17, 15) is 0 Å². The van der Waals surface area contributed by atoms with Gasteiger partial charge in [0.2, 0.25) is 0 Å².